The van der Waals surface area contributed by atoms with Crippen molar-refractivity contribution in [1.82, 2.24) is 0 Å². The monoisotopic (exact) mass is 399 g/mol. The second kappa shape index (κ2) is 12.7. The largest absolute Gasteiger partial charge is 0.491 e. The summed E-state index contributed by atoms with van der Waals surface area (Å²) in [6.07, 6.45) is 3.39. The van der Waals surface area contributed by atoms with Gasteiger partial charge in [0, 0.05) is 25.3 Å². The first-order valence-electron chi connectivity index (χ1n) is 9.59. The Hall–Kier alpha value is -2.67. The van der Waals surface area contributed by atoms with E-state index in [0.29, 0.717) is 44.3 Å². The van der Waals surface area contributed by atoms with Crippen molar-refractivity contribution >= 4 is 17.5 Å². The predicted octanol–water partition coefficient (Wildman–Crippen LogP) is 3.05. The van der Waals surface area contributed by atoms with Gasteiger partial charge in [0.15, 0.2) is 5.78 Å². The summed E-state index contributed by atoms with van der Waals surface area (Å²) in [5.41, 5.74) is 2.70. The van der Waals surface area contributed by atoms with E-state index in [2.05, 4.69) is 0 Å². The van der Waals surface area contributed by atoms with Gasteiger partial charge in [0.05, 0.1) is 33.0 Å². The lowest BCUT2D eigenvalue weighted by molar-refractivity contribution is 0.0247. The van der Waals surface area contributed by atoms with E-state index in [9.17, 15) is 4.79 Å². The van der Waals surface area contributed by atoms with E-state index in [1.807, 2.05) is 49.3 Å². The maximum Gasteiger partial charge on any atom is 0.185 e. The fraction of sp³-hybridized carbons (Fsp3) is 0.348. The smallest absolute Gasteiger partial charge is 0.185 e. The van der Waals surface area contributed by atoms with Gasteiger partial charge in [-0.2, -0.15) is 0 Å². The Morgan fingerprint density at radius 1 is 0.897 bits per heavy atom. The van der Waals surface area contributed by atoms with Gasteiger partial charge < -0.3 is 24.2 Å². The molecule has 0 radical (unpaired) electrons. The quantitative estimate of drug-likeness (QED) is 0.317. The van der Waals surface area contributed by atoms with E-state index >= 15 is 0 Å². The van der Waals surface area contributed by atoms with Crippen LogP contribution in [0.4, 0.5) is 5.69 Å². The molecule has 2 aromatic rings. The van der Waals surface area contributed by atoms with Crippen molar-refractivity contribution < 1.29 is 24.1 Å². The minimum atomic E-state index is -0.0561. The van der Waals surface area contributed by atoms with Crippen LogP contribution >= 0.6 is 0 Å². The molecule has 0 bridgehead atoms. The number of rotatable bonds is 13. The Kier molecular flexibility index (Phi) is 9.92. The molecular formula is C23H29NO5. The summed E-state index contributed by atoms with van der Waals surface area (Å²) in [6, 6.07) is 15.0. The topological polar surface area (TPSA) is 68.2 Å². The molecule has 1 N–H and O–H groups in total. The second-order valence-corrected chi connectivity index (χ2v) is 6.50. The predicted molar refractivity (Wildman–Crippen MR) is 115 cm³/mol. The average molecular weight is 399 g/mol. The van der Waals surface area contributed by atoms with Crippen molar-refractivity contribution in [2.75, 3.05) is 58.6 Å². The van der Waals surface area contributed by atoms with Crippen LogP contribution in [-0.2, 0) is 9.47 Å². The molecule has 29 heavy (non-hydrogen) atoms. The zero-order chi connectivity index (χ0) is 20.9. The summed E-state index contributed by atoms with van der Waals surface area (Å²) in [5, 5.41) is 8.58. The van der Waals surface area contributed by atoms with Gasteiger partial charge in [-0.3, -0.25) is 4.79 Å². The fourth-order valence-electron chi connectivity index (χ4n) is 2.47. The Balaban J connectivity index is 1.73. The van der Waals surface area contributed by atoms with Gasteiger partial charge in [-0.1, -0.05) is 18.2 Å². The number of carbonyl (C=O) groups excluding carboxylic acids is 1. The third kappa shape index (κ3) is 8.48. The number of aliphatic hydroxyl groups is 1. The van der Waals surface area contributed by atoms with Crippen molar-refractivity contribution in [3.05, 3.63) is 65.7 Å². The summed E-state index contributed by atoms with van der Waals surface area (Å²) >= 11 is 0. The molecule has 0 aliphatic rings. The summed E-state index contributed by atoms with van der Waals surface area (Å²) in [5.74, 6) is 0.629. The van der Waals surface area contributed by atoms with Crippen LogP contribution in [0.25, 0.3) is 6.08 Å². The highest BCUT2D eigenvalue weighted by Gasteiger charge is 2.03. The Labute approximate surface area is 172 Å². The maximum absolute atomic E-state index is 12.3. The molecule has 0 fully saturated rings. The van der Waals surface area contributed by atoms with Crippen LogP contribution in [0, 0.1) is 0 Å². The van der Waals surface area contributed by atoms with E-state index < -0.39 is 0 Å². The van der Waals surface area contributed by atoms with E-state index in [-0.39, 0.29) is 12.4 Å². The number of hydrogen-bond donors (Lipinski definition) is 1. The van der Waals surface area contributed by atoms with E-state index in [4.69, 9.17) is 19.3 Å². The van der Waals surface area contributed by atoms with Gasteiger partial charge in [0.2, 0.25) is 0 Å². The average Bonchev–Trinajstić information content (AvgIpc) is 2.74. The lowest BCUT2D eigenvalue weighted by atomic mass is 10.1. The van der Waals surface area contributed by atoms with Gasteiger partial charge in [-0.05, 0) is 48.0 Å². The first-order chi connectivity index (χ1) is 14.1. The van der Waals surface area contributed by atoms with Gasteiger partial charge in [0.1, 0.15) is 12.4 Å². The third-order valence-corrected chi connectivity index (χ3v) is 4.08. The number of aliphatic hydroxyl groups excluding tert-OH is 1. The zero-order valence-electron chi connectivity index (χ0n) is 17.0. The fourth-order valence-corrected chi connectivity index (χ4v) is 2.47. The Morgan fingerprint density at radius 3 is 2.14 bits per heavy atom. The molecule has 0 atom stereocenters. The third-order valence-electron chi connectivity index (χ3n) is 4.08. The van der Waals surface area contributed by atoms with Crippen molar-refractivity contribution in [2.45, 2.75) is 0 Å². The molecule has 6 heteroatoms. The van der Waals surface area contributed by atoms with Crippen molar-refractivity contribution in [3.8, 4) is 5.75 Å². The highest BCUT2D eigenvalue weighted by molar-refractivity contribution is 6.06. The number of ketones is 1. The normalized spacial score (nSPS) is 11.0. The summed E-state index contributed by atoms with van der Waals surface area (Å²) in [6.45, 7) is 2.10. The van der Waals surface area contributed by atoms with Gasteiger partial charge >= 0.3 is 0 Å². The second-order valence-electron chi connectivity index (χ2n) is 6.50. The van der Waals surface area contributed by atoms with Crippen molar-refractivity contribution in [2.24, 2.45) is 0 Å². The zero-order valence-corrected chi connectivity index (χ0v) is 17.0. The van der Waals surface area contributed by atoms with Crippen molar-refractivity contribution in [1.29, 1.82) is 0 Å². The van der Waals surface area contributed by atoms with E-state index in [0.717, 1.165) is 11.3 Å². The number of hydrogen-bond acceptors (Lipinski definition) is 6. The van der Waals surface area contributed by atoms with Gasteiger partial charge in [0.25, 0.3) is 0 Å². The molecule has 2 aromatic carbocycles. The number of benzene rings is 2. The highest BCUT2D eigenvalue weighted by Crippen LogP contribution is 2.15. The molecular weight excluding hydrogens is 370 g/mol. The number of anilines is 1. The minimum Gasteiger partial charge on any atom is -0.491 e. The van der Waals surface area contributed by atoms with Crippen LogP contribution in [0.15, 0.2) is 54.6 Å². The lowest BCUT2D eigenvalue weighted by Gasteiger charge is -2.11. The number of carbonyl (C=O) groups is 1. The molecule has 0 heterocycles. The number of allylic oxidation sites excluding steroid dienone is 1. The molecule has 0 spiro atoms. The molecule has 2 rings (SSSR count). The number of nitrogens with zero attached hydrogens (tertiary/aromatic N) is 1. The Morgan fingerprint density at radius 2 is 1.52 bits per heavy atom. The maximum atomic E-state index is 12.3. The lowest BCUT2D eigenvalue weighted by Crippen LogP contribution is -2.12. The molecule has 0 aliphatic heterocycles. The highest BCUT2D eigenvalue weighted by atomic mass is 16.5. The molecule has 0 saturated carbocycles. The van der Waals surface area contributed by atoms with Crippen molar-refractivity contribution in [3.63, 3.8) is 0 Å². The summed E-state index contributed by atoms with van der Waals surface area (Å²) in [4.78, 5) is 14.4. The van der Waals surface area contributed by atoms with Crippen LogP contribution in [0.2, 0.25) is 0 Å². The molecule has 6 nitrogen and oxygen atoms in total. The SMILES string of the molecule is CN(C)c1ccc(/C=C/C(=O)c2ccc(OCCOCCOCCO)cc2)cc1. The Bertz CT molecular complexity index is 754. The molecule has 0 aromatic heterocycles. The van der Waals surface area contributed by atoms with E-state index in [1.54, 1.807) is 30.3 Å². The van der Waals surface area contributed by atoms with E-state index in [1.165, 1.54) is 0 Å². The van der Waals surface area contributed by atoms with Gasteiger partial charge in [-0.15, -0.1) is 0 Å². The first kappa shape index (κ1) is 22.6. The first-order valence-corrected chi connectivity index (χ1v) is 9.59. The van der Waals surface area contributed by atoms with Crippen LogP contribution in [-0.4, -0.2) is 64.6 Å². The van der Waals surface area contributed by atoms with Crippen LogP contribution in [0.1, 0.15) is 15.9 Å². The minimum absolute atomic E-state index is 0.0151. The van der Waals surface area contributed by atoms with Crippen LogP contribution < -0.4 is 9.64 Å². The summed E-state index contributed by atoms with van der Waals surface area (Å²) in [7, 11) is 3.98. The standard InChI is InChI=1S/C23H29NO5/c1-24(2)21-8-3-19(4-9-21)5-12-23(26)20-6-10-22(11-7-20)29-18-17-28-16-15-27-14-13-25/h3-12,25H,13-18H2,1-2H3/b12-5+. The molecule has 0 amide bonds. The molecule has 0 aliphatic carbocycles. The number of ether oxygens (including phenoxy) is 3. The molecule has 156 valence electrons. The molecule has 0 saturated heterocycles. The van der Waals surface area contributed by atoms with Crippen LogP contribution in [0.5, 0.6) is 5.75 Å². The van der Waals surface area contributed by atoms with Crippen LogP contribution in [0.3, 0.4) is 0 Å². The van der Waals surface area contributed by atoms with Gasteiger partial charge in [-0.25, -0.2) is 0 Å². The molecule has 0 unspecified atom stereocenters. The summed E-state index contributed by atoms with van der Waals surface area (Å²) < 4.78 is 16.0.